The molecule has 1 aromatic carbocycles. The van der Waals surface area contributed by atoms with Crippen LogP contribution in [-0.2, 0) is 6.42 Å². The lowest BCUT2D eigenvalue weighted by Gasteiger charge is -2.16. The highest BCUT2D eigenvalue weighted by atomic mass is 32.1. The van der Waals surface area contributed by atoms with Gasteiger partial charge in [0.2, 0.25) is 0 Å². The number of ketones is 1. The number of aliphatic hydroxyl groups excluding tert-OH is 1. The monoisotopic (exact) mass is 398 g/mol. The molecule has 0 saturated heterocycles. The van der Waals surface area contributed by atoms with Gasteiger partial charge >= 0.3 is 0 Å². The van der Waals surface area contributed by atoms with E-state index in [1.54, 1.807) is 11.3 Å². The zero-order valence-corrected chi connectivity index (χ0v) is 17.9. The molecule has 0 aliphatic heterocycles. The molecule has 0 fully saturated rings. The summed E-state index contributed by atoms with van der Waals surface area (Å²) in [6.45, 7) is 5.97. The van der Waals surface area contributed by atoms with Crippen molar-refractivity contribution in [1.82, 2.24) is 0 Å². The molecule has 3 heteroatoms. The first-order chi connectivity index (χ1) is 13.7. The Bertz CT molecular complexity index is 688. The first kappa shape index (κ1) is 22.6. The third-order valence-corrected chi connectivity index (χ3v) is 6.24. The van der Waals surface area contributed by atoms with Crippen LogP contribution < -0.4 is 0 Å². The number of carbonyl (C=O) groups excluding carboxylic acids is 1. The number of Topliss-reactive ketones (excluding diaryl/α,β-unsaturated/α-hetero) is 1. The highest BCUT2D eigenvalue weighted by Crippen LogP contribution is 2.25. The van der Waals surface area contributed by atoms with Gasteiger partial charge in [-0.2, -0.15) is 0 Å². The zero-order chi connectivity index (χ0) is 20.2. The highest BCUT2D eigenvalue weighted by molar-refractivity contribution is 7.09. The summed E-state index contributed by atoms with van der Waals surface area (Å²) in [6, 6.07) is 11.9. The maximum atomic E-state index is 13.0. The van der Waals surface area contributed by atoms with Crippen LogP contribution in [0, 0.1) is 5.92 Å². The van der Waals surface area contributed by atoms with Gasteiger partial charge in [-0.1, -0.05) is 62.6 Å². The minimum atomic E-state index is -0.432. The SMILES string of the molecule is C=CCC[C@H](CCCc1cccs1)C(=O)c1ccc([C@@H](O)CCCCC)cc1. The Morgan fingerprint density at radius 1 is 1.11 bits per heavy atom. The van der Waals surface area contributed by atoms with Crippen molar-refractivity contribution >= 4 is 17.1 Å². The molecule has 0 aliphatic rings. The standard InChI is InChI=1S/C25H34O2S/c1-3-5-7-14-24(26)20-15-17-22(18-16-20)25(27)21(10-6-4-2)11-8-12-23-13-9-19-28-23/h4,9,13,15-19,21,24,26H,2-3,5-8,10-12,14H2,1H3/t21-,24+/m1/s1. The van der Waals surface area contributed by atoms with Gasteiger partial charge in [0, 0.05) is 16.4 Å². The maximum Gasteiger partial charge on any atom is 0.165 e. The van der Waals surface area contributed by atoms with Gasteiger partial charge in [0.15, 0.2) is 5.78 Å². The molecule has 1 aromatic heterocycles. The lowest BCUT2D eigenvalue weighted by molar-refractivity contribution is 0.0905. The third kappa shape index (κ3) is 7.37. The van der Waals surface area contributed by atoms with Crippen LogP contribution in [0.15, 0.2) is 54.4 Å². The van der Waals surface area contributed by atoms with E-state index in [0.717, 1.165) is 68.9 Å². The first-order valence-corrected chi connectivity index (χ1v) is 11.5. The van der Waals surface area contributed by atoms with E-state index < -0.39 is 6.10 Å². The van der Waals surface area contributed by atoms with Gasteiger partial charge in [-0.3, -0.25) is 4.79 Å². The van der Waals surface area contributed by atoms with Gasteiger partial charge in [-0.05, 0) is 55.5 Å². The van der Waals surface area contributed by atoms with E-state index in [1.807, 2.05) is 30.3 Å². The first-order valence-electron chi connectivity index (χ1n) is 10.6. The fourth-order valence-corrected chi connectivity index (χ4v) is 4.31. The third-order valence-electron chi connectivity index (χ3n) is 5.31. The van der Waals surface area contributed by atoms with Gasteiger partial charge in [-0.25, -0.2) is 0 Å². The summed E-state index contributed by atoms with van der Waals surface area (Å²) in [6.07, 6.45) is 10.3. The molecule has 1 heterocycles. The second-order valence-corrected chi connectivity index (χ2v) is 8.56. The molecule has 2 atom stereocenters. The predicted molar refractivity (Wildman–Crippen MR) is 120 cm³/mol. The number of aliphatic hydroxyl groups is 1. The Balaban J connectivity index is 1.94. The summed E-state index contributed by atoms with van der Waals surface area (Å²) in [5.41, 5.74) is 1.67. The largest absolute Gasteiger partial charge is 0.388 e. The molecule has 0 bridgehead atoms. The van der Waals surface area contributed by atoms with Crippen LogP contribution in [0.25, 0.3) is 0 Å². The van der Waals surface area contributed by atoms with E-state index in [-0.39, 0.29) is 11.7 Å². The van der Waals surface area contributed by atoms with Crippen molar-refractivity contribution in [3.63, 3.8) is 0 Å². The van der Waals surface area contributed by atoms with Gasteiger partial charge in [0.25, 0.3) is 0 Å². The van der Waals surface area contributed by atoms with Crippen LogP contribution in [0.2, 0.25) is 0 Å². The predicted octanol–water partition coefficient (Wildman–Crippen LogP) is 7.15. The van der Waals surface area contributed by atoms with Gasteiger partial charge in [0.1, 0.15) is 0 Å². The average molecular weight is 399 g/mol. The molecule has 2 aromatic rings. The van der Waals surface area contributed by atoms with Crippen LogP contribution in [0.3, 0.4) is 0 Å². The van der Waals surface area contributed by atoms with E-state index >= 15 is 0 Å². The fraction of sp³-hybridized carbons (Fsp3) is 0.480. The van der Waals surface area contributed by atoms with Crippen LogP contribution in [0.5, 0.6) is 0 Å². The van der Waals surface area contributed by atoms with Crippen molar-refractivity contribution in [1.29, 1.82) is 0 Å². The molecule has 0 unspecified atom stereocenters. The van der Waals surface area contributed by atoms with Crippen molar-refractivity contribution in [3.05, 3.63) is 70.4 Å². The van der Waals surface area contributed by atoms with Crippen molar-refractivity contribution in [2.75, 3.05) is 0 Å². The van der Waals surface area contributed by atoms with Crippen LogP contribution >= 0.6 is 11.3 Å². The number of aryl methyl sites for hydroxylation is 1. The number of rotatable bonds is 14. The average Bonchev–Trinajstić information content (AvgIpc) is 3.24. The molecular formula is C25H34O2S. The summed E-state index contributed by atoms with van der Waals surface area (Å²) >= 11 is 1.78. The summed E-state index contributed by atoms with van der Waals surface area (Å²) in [4.78, 5) is 14.4. The lowest BCUT2D eigenvalue weighted by Crippen LogP contribution is -2.15. The van der Waals surface area contributed by atoms with Crippen molar-refractivity contribution in [3.8, 4) is 0 Å². The van der Waals surface area contributed by atoms with Gasteiger partial charge < -0.3 is 5.11 Å². The number of hydrogen-bond donors (Lipinski definition) is 1. The summed E-state index contributed by atoms with van der Waals surface area (Å²) in [5.74, 6) is 0.262. The Hall–Kier alpha value is -1.71. The smallest absolute Gasteiger partial charge is 0.165 e. The van der Waals surface area contributed by atoms with Gasteiger partial charge in [-0.15, -0.1) is 17.9 Å². The van der Waals surface area contributed by atoms with Crippen molar-refractivity contribution in [2.45, 2.75) is 70.8 Å². The highest BCUT2D eigenvalue weighted by Gasteiger charge is 2.20. The zero-order valence-electron chi connectivity index (χ0n) is 17.1. The number of thiophene rings is 1. The van der Waals surface area contributed by atoms with Crippen LogP contribution in [0.4, 0.5) is 0 Å². The number of allylic oxidation sites excluding steroid dienone is 1. The molecule has 2 nitrogen and oxygen atoms in total. The molecule has 0 saturated carbocycles. The lowest BCUT2D eigenvalue weighted by atomic mass is 9.88. The number of unbranched alkanes of at least 4 members (excludes halogenated alkanes) is 2. The Labute approximate surface area is 174 Å². The Morgan fingerprint density at radius 3 is 2.54 bits per heavy atom. The summed E-state index contributed by atoms with van der Waals surface area (Å²) in [5, 5.41) is 12.4. The molecule has 2 rings (SSSR count). The fourth-order valence-electron chi connectivity index (χ4n) is 3.56. The Morgan fingerprint density at radius 2 is 1.89 bits per heavy atom. The minimum Gasteiger partial charge on any atom is -0.388 e. The van der Waals surface area contributed by atoms with E-state index in [1.165, 1.54) is 4.88 Å². The molecule has 28 heavy (non-hydrogen) atoms. The Kier molecular flexibility index (Phi) is 10.2. The van der Waals surface area contributed by atoms with E-state index in [0.29, 0.717) is 0 Å². The van der Waals surface area contributed by atoms with Gasteiger partial charge in [0.05, 0.1) is 6.10 Å². The van der Waals surface area contributed by atoms with Crippen molar-refractivity contribution in [2.24, 2.45) is 5.92 Å². The molecular weight excluding hydrogens is 364 g/mol. The van der Waals surface area contributed by atoms with E-state index in [2.05, 4.69) is 31.0 Å². The molecule has 0 aliphatic carbocycles. The molecule has 1 N–H and O–H groups in total. The number of carbonyl (C=O) groups is 1. The topological polar surface area (TPSA) is 37.3 Å². The second kappa shape index (κ2) is 12.7. The minimum absolute atomic E-state index is 0.0401. The molecule has 0 radical (unpaired) electrons. The maximum absolute atomic E-state index is 13.0. The van der Waals surface area contributed by atoms with Crippen LogP contribution in [-0.4, -0.2) is 10.9 Å². The number of hydrogen-bond acceptors (Lipinski definition) is 3. The van der Waals surface area contributed by atoms with E-state index in [9.17, 15) is 9.90 Å². The second-order valence-electron chi connectivity index (χ2n) is 7.53. The number of benzene rings is 1. The summed E-state index contributed by atoms with van der Waals surface area (Å²) in [7, 11) is 0. The quantitative estimate of drug-likeness (QED) is 0.208. The van der Waals surface area contributed by atoms with Crippen LogP contribution in [0.1, 0.15) is 85.2 Å². The molecule has 0 amide bonds. The molecule has 0 spiro atoms. The summed E-state index contributed by atoms with van der Waals surface area (Å²) < 4.78 is 0. The molecule has 152 valence electrons. The van der Waals surface area contributed by atoms with E-state index in [4.69, 9.17) is 0 Å². The normalized spacial score (nSPS) is 13.2. The van der Waals surface area contributed by atoms with Crippen molar-refractivity contribution < 1.29 is 9.90 Å².